The molecule has 0 aromatic heterocycles. The average molecular weight is 260 g/mol. The van der Waals surface area contributed by atoms with Gasteiger partial charge in [0.25, 0.3) is 0 Å². The molecule has 16 heavy (non-hydrogen) atoms. The summed E-state index contributed by atoms with van der Waals surface area (Å²) in [4.78, 5) is 11.8. The highest BCUT2D eigenvalue weighted by Gasteiger charge is 2.37. The van der Waals surface area contributed by atoms with E-state index in [-0.39, 0.29) is 18.7 Å². The van der Waals surface area contributed by atoms with Crippen molar-refractivity contribution in [2.24, 2.45) is 0 Å². The second-order valence-corrected chi connectivity index (χ2v) is 5.12. The topological polar surface area (TPSA) is 44.8 Å². The van der Waals surface area contributed by atoms with Crippen LogP contribution in [-0.4, -0.2) is 37.5 Å². The van der Waals surface area contributed by atoms with Crippen LogP contribution in [0.5, 0.6) is 0 Å². The van der Waals surface area contributed by atoms with E-state index in [0.29, 0.717) is 5.76 Å². The average Bonchev–Trinajstić information content (AvgIpc) is 2.85. The van der Waals surface area contributed by atoms with Gasteiger partial charge in [0.15, 0.2) is 12.6 Å². The Morgan fingerprint density at radius 3 is 2.81 bits per heavy atom. The summed E-state index contributed by atoms with van der Waals surface area (Å²) in [6, 6.07) is 0. The molecule has 0 bridgehead atoms. The molecule has 0 N–H and O–H groups in total. The Bertz CT molecular complexity index is 345. The lowest BCUT2D eigenvalue weighted by Gasteiger charge is -2.07. The van der Waals surface area contributed by atoms with Crippen molar-refractivity contribution in [3.8, 4) is 0 Å². The third kappa shape index (κ3) is 2.45. The Kier molecular flexibility index (Phi) is 3.96. The molecule has 0 aromatic rings. The minimum Gasteiger partial charge on any atom is -0.458 e. The van der Waals surface area contributed by atoms with E-state index in [1.54, 1.807) is 12.2 Å². The van der Waals surface area contributed by atoms with Crippen molar-refractivity contribution < 1.29 is 19.0 Å². The van der Waals surface area contributed by atoms with Crippen LogP contribution >= 0.6 is 23.5 Å². The van der Waals surface area contributed by atoms with Gasteiger partial charge in [0.1, 0.15) is 6.10 Å². The molecule has 1 saturated heterocycles. The first-order chi connectivity index (χ1) is 7.74. The predicted molar refractivity (Wildman–Crippen MR) is 63.9 cm³/mol. The second kappa shape index (κ2) is 5.27. The lowest BCUT2D eigenvalue weighted by atomic mass is 10.3. The maximum atomic E-state index is 11.8. The molecule has 2 rings (SSSR count). The van der Waals surface area contributed by atoms with Gasteiger partial charge in [-0.05, 0) is 18.6 Å². The van der Waals surface area contributed by atoms with E-state index in [9.17, 15) is 4.79 Å². The van der Waals surface area contributed by atoms with Crippen LogP contribution < -0.4 is 0 Å². The number of carbonyl (C=O) groups is 1. The largest absolute Gasteiger partial charge is 0.458 e. The van der Waals surface area contributed by atoms with Gasteiger partial charge in [-0.3, -0.25) is 4.79 Å². The van der Waals surface area contributed by atoms with E-state index in [0.717, 1.165) is 4.24 Å². The third-order valence-electron chi connectivity index (χ3n) is 2.21. The van der Waals surface area contributed by atoms with Gasteiger partial charge in [0, 0.05) is 10.3 Å². The number of ether oxygens (including phenoxy) is 3. The predicted octanol–water partition coefficient (Wildman–Crippen LogP) is 1.74. The minimum atomic E-state index is -0.445. The highest BCUT2D eigenvalue weighted by atomic mass is 32.2. The van der Waals surface area contributed by atoms with Gasteiger partial charge < -0.3 is 14.2 Å². The van der Waals surface area contributed by atoms with Gasteiger partial charge in [0.2, 0.25) is 12.1 Å². The number of hydrogen-bond donors (Lipinski definition) is 0. The van der Waals surface area contributed by atoms with Crippen LogP contribution in [0.1, 0.15) is 0 Å². The molecule has 0 radical (unpaired) electrons. The van der Waals surface area contributed by atoms with Crippen molar-refractivity contribution in [1.29, 1.82) is 0 Å². The van der Waals surface area contributed by atoms with E-state index in [1.807, 2.05) is 12.5 Å². The number of hydrogen-bond acceptors (Lipinski definition) is 6. The summed E-state index contributed by atoms with van der Waals surface area (Å²) in [7, 11) is 0. The summed E-state index contributed by atoms with van der Waals surface area (Å²) in [6.45, 7) is 0.226. The number of ketones is 1. The van der Waals surface area contributed by atoms with Gasteiger partial charge in [-0.2, -0.15) is 0 Å². The molecule has 2 heterocycles. The maximum Gasteiger partial charge on any atom is 0.232 e. The zero-order valence-electron chi connectivity index (χ0n) is 8.97. The lowest BCUT2D eigenvalue weighted by Crippen LogP contribution is -2.17. The van der Waals surface area contributed by atoms with Crippen LogP contribution in [-0.2, 0) is 19.0 Å². The summed E-state index contributed by atoms with van der Waals surface area (Å²) in [5.74, 6) is 0.176. The van der Waals surface area contributed by atoms with E-state index < -0.39 is 6.29 Å². The zero-order valence-corrected chi connectivity index (χ0v) is 10.6. The molecule has 88 valence electrons. The van der Waals surface area contributed by atoms with Gasteiger partial charge in [-0.15, -0.1) is 23.5 Å². The van der Waals surface area contributed by atoms with Crippen molar-refractivity contribution in [2.75, 3.05) is 19.3 Å². The van der Waals surface area contributed by atoms with Gasteiger partial charge in [-0.1, -0.05) is 0 Å². The Morgan fingerprint density at radius 1 is 1.44 bits per heavy atom. The molecule has 2 aliphatic heterocycles. The third-order valence-corrected chi connectivity index (χ3v) is 4.25. The minimum absolute atomic E-state index is 0.139. The molecule has 1 fully saturated rings. The fourth-order valence-corrected chi connectivity index (χ4v) is 2.54. The molecule has 2 aliphatic rings. The molecule has 0 unspecified atom stereocenters. The molecule has 0 saturated carbocycles. The first-order valence-electron chi connectivity index (χ1n) is 4.70. The number of rotatable bonds is 4. The molecule has 6 heteroatoms. The van der Waals surface area contributed by atoms with E-state index in [4.69, 9.17) is 14.2 Å². The summed E-state index contributed by atoms with van der Waals surface area (Å²) in [5.41, 5.74) is 0. The van der Waals surface area contributed by atoms with Gasteiger partial charge in [-0.25, -0.2) is 0 Å². The quantitative estimate of drug-likeness (QED) is 0.717. The molecule has 0 aromatic carbocycles. The van der Waals surface area contributed by atoms with E-state index in [1.165, 1.54) is 23.5 Å². The molecule has 2 atom stereocenters. The summed E-state index contributed by atoms with van der Waals surface area (Å²) in [5, 5.41) is 0. The Labute approximate surface area is 102 Å². The van der Waals surface area contributed by atoms with Crippen LogP contribution in [0.2, 0.25) is 0 Å². The summed E-state index contributed by atoms with van der Waals surface area (Å²) >= 11 is 3.07. The number of allylic oxidation sites excluding steroid dienone is 1. The highest BCUT2D eigenvalue weighted by molar-refractivity contribution is 8.21. The van der Waals surface area contributed by atoms with E-state index in [2.05, 4.69) is 0 Å². The van der Waals surface area contributed by atoms with Crippen LogP contribution in [0.4, 0.5) is 0 Å². The molecular formula is C10H12O4S2. The smallest absolute Gasteiger partial charge is 0.232 e. The highest BCUT2D eigenvalue weighted by Crippen LogP contribution is 2.29. The van der Waals surface area contributed by atoms with Crippen molar-refractivity contribution in [3.63, 3.8) is 0 Å². The zero-order chi connectivity index (χ0) is 11.5. The Morgan fingerprint density at radius 2 is 2.19 bits per heavy atom. The Balaban J connectivity index is 2.04. The van der Waals surface area contributed by atoms with Gasteiger partial charge in [0.05, 0.1) is 0 Å². The first-order valence-corrected chi connectivity index (χ1v) is 7.15. The van der Waals surface area contributed by atoms with Crippen LogP contribution in [0.25, 0.3) is 0 Å². The molecular weight excluding hydrogens is 248 g/mol. The second-order valence-electron chi connectivity index (χ2n) is 3.17. The maximum absolute atomic E-state index is 11.8. The van der Waals surface area contributed by atoms with Crippen LogP contribution in [0, 0.1) is 0 Å². The van der Waals surface area contributed by atoms with Crippen molar-refractivity contribution in [3.05, 3.63) is 22.1 Å². The van der Waals surface area contributed by atoms with Crippen molar-refractivity contribution in [1.82, 2.24) is 0 Å². The SMILES string of the molecule is CSC(=CC(=O)C1=C[C@H]2OCO[C@H]2O1)SC. The van der Waals surface area contributed by atoms with Crippen LogP contribution in [0.3, 0.4) is 0 Å². The molecule has 0 amide bonds. The van der Waals surface area contributed by atoms with Gasteiger partial charge >= 0.3 is 0 Å². The Hall–Kier alpha value is -0.430. The first kappa shape index (κ1) is 12.0. The molecule has 0 aliphatic carbocycles. The lowest BCUT2D eigenvalue weighted by molar-refractivity contribution is -0.121. The number of thioether (sulfide) groups is 2. The van der Waals surface area contributed by atoms with Crippen molar-refractivity contribution >= 4 is 29.3 Å². The fraction of sp³-hybridized carbons (Fsp3) is 0.500. The normalized spacial score (nSPS) is 27.0. The monoisotopic (exact) mass is 260 g/mol. The van der Waals surface area contributed by atoms with Crippen molar-refractivity contribution in [2.45, 2.75) is 12.4 Å². The molecule has 0 spiro atoms. The summed E-state index contributed by atoms with van der Waals surface area (Å²) in [6.07, 6.45) is 6.43. The molecule has 4 nitrogen and oxygen atoms in total. The number of fused-ring (bicyclic) bond motifs is 1. The summed E-state index contributed by atoms with van der Waals surface area (Å²) < 4.78 is 16.6. The van der Waals surface area contributed by atoms with Crippen LogP contribution in [0.15, 0.2) is 22.1 Å². The standard InChI is InChI=1S/C10H12O4S2/c1-15-9(16-2)3-6(11)7-4-8-10(14-7)13-5-12-8/h3-4,8,10H,5H2,1-2H3/t8-,10+/m1/s1. The van der Waals surface area contributed by atoms with E-state index >= 15 is 0 Å². The number of carbonyl (C=O) groups excluding carboxylic acids is 1. The fourth-order valence-electron chi connectivity index (χ4n) is 1.42.